The maximum absolute atomic E-state index is 11.4. The van der Waals surface area contributed by atoms with Crippen molar-refractivity contribution in [1.82, 2.24) is 0 Å². The van der Waals surface area contributed by atoms with E-state index in [1.165, 1.54) is 63.0 Å². The van der Waals surface area contributed by atoms with Crippen LogP contribution in [0.25, 0.3) is 6.08 Å². The number of carbonyl (C=O) groups is 1. The van der Waals surface area contributed by atoms with Gasteiger partial charge < -0.3 is 9.84 Å². The third kappa shape index (κ3) is 14.7. The van der Waals surface area contributed by atoms with Crippen molar-refractivity contribution >= 4 is 12.0 Å². The van der Waals surface area contributed by atoms with Crippen LogP contribution in [0, 0.1) is 0 Å². The molecule has 0 spiro atoms. The molecule has 0 saturated heterocycles. The fourth-order valence-corrected chi connectivity index (χ4v) is 3.76. The zero-order chi connectivity index (χ0) is 22.6. The molecule has 1 atom stereocenters. The van der Waals surface area contributed by atoms with E-state index in [-0.39, 0.29) is 18.7 Å². The molecule has 1 unspecified atom stereocenters. The predicted octanol–water partition coefficient (Wildman–Crippen LogP) is 7.42. The SMILES string of the molecule is CCCCCCCCCCC(C=CC=Cc1ccccc1CCCCCO)OC(C)=O. The van der Waals surface area contributed by atoms with Crippen molar-refractivity contribution in [1.29, 1.82) is 0 Å². The molecule has 0 saturated carbocycles. The predicted molar refractivity (Wildman–Crippen MR) is 132 cm³/mol. The van der Waals surface area contributed by atoms with E-state index in [1.54, 1.807) is 0 Å². The number of ether oxygens (including phenoxy) is 1. The summed E-state index contributed by atoms with van der Waals surface area (Å²) in [6.07, 6.45) is 23.2. The van der Waals surface area contributed by atoms with Crippen LogP contribution in [0.4, 0.5) is 0 Å². The van der Waals surface area contributed by atoms with E-state index in [2.05, 4.69) is 37.3 Å². The lowest BCUT2D eigenvalue weighted by atomic mass is 10.0. The number of aryl methyl sites for hydroxylation is 1. The average Bonchev–Trinajstić information content (AvgIpc) is 2.76. The van der Waals surface area contributed by atoms with Gasteiger partial charge in [-0.05, 0) is 49.3 Å². The van der Waals surface area contributed by atoms with Crippen LogP contribution >= 0.6 is 0 Å². The Morgan fingerprint density at radius 1 is 0.935 bits per heavy atom. The number of hydrogen-bond acceptors (Lipinski definition) is 3. The maximum Gasteiger partial charge on any atom is 0.303 e. The molecule has 0 aliphatic heterocycles. The summed E-state index contributed by atoms with van der Waals surface area (Å²) in [6, 6.07) is 8.45. The molecule has 0 aliphatic carbocycles. The van der Waals surface area contributed by atoms with Crippen LogP contribution in [-0.2, 0) is 16.0 Å². The molecule has 3 heteroatoms. The minimum absolute atomic E-state index is 0.143. The van der Waals surface area contributed by atoms with E-state index >= 15 is 0 Å². The van der Waals surface area contributed by atoms with Crippen molar-refractivity contribution in [2.75, 3.05) is 6.61 Å². The van der Waals surface area contributed by atoms with Crippen LogP contribution in [0.5, 0.6) is 0 Å². The first kappa shape index (κ1) is 27.2. The average molecular weight is 429 g/mol. The monoisotopic (exact) mass is 428 g/mol. The third-order valence-corrected chi connectivity index (χ3v) is 5.53. The molecule has 1 aromatic carbocycles. The molecule has 3 nitrogen and oxygen atoms in total. The first-order valence-electron chi connectivity index (χ1n) is 12.4. The number of benzene rings is 1. The summed E-state index contributed by atoms with van der Waals surface area (Å²) in [4.78, 5) is 11.4. The van der Waals surface area contributed by atoms with Gasteiger partial charge in [0.2, 0.25) is 0 Å². The maximum atomic E-state index is 11.4. The molecule has 1 aromatic rings. The summed E-state index contributed by atoms with van der Waals surface area (Å²) in [7, 11) is 0. The molecule has 0 bridgehead atoms. The van der Waals surface area contributed by atoms with Crippen LogP contribution in [-0.4, -0.2) is 23.8 Å². The number of esters is 1. The first-order valence-corrected chi connectivity index (χ1v) is 12.4. The van der Waals surface area contributed by atoms with Gasteiger partial charge in [-0.25, -0.2) is 0 Å². The van der Waals surface area contributed by atoms with E-state index in [0.29, 0.717) is 0 Å². The number of allylic oxidation sites excluding steroid dienone is 2. The van der Waals surface area contributed by atoms with Crippen molar-refractivity contribution in [3.63, 3.8) is 0 Å². The van der Waals surface area contributed by atoms with E-state index in [9.17, 15) is 4.79 Å². The van der Waals surface area contributed by atoms with Gasteiger partial charge in [-0.2, -0.15) is 0 Å². The Morgan fingerprint density at radius 3 is 2.32 bits per heavy atom. The Kier molecular flexibility index (Phi) is 16.5. The van der Waals surface area contributed by atoms with E-state index in [1.807, 2.05) is 18.2 Å². The highest BCUT2D eigenvalue weighted by Gasteiger charge is 2.07. The van der Waals surface area contributed by atoms with Crippen molar-refractivity contribution in [2.45, 2.75) is 103 Å². The van der Waals surface area contributed by atoms with Crippen LogP contribution < -0.4 is 0 Å². The number of aliphatic hydroxyl groups is 1. The van der Waals surface area contributed by atoms with Gasteiger partial charge >= 0.3 is 5.97 Å². The summed E-state index contributed by atoms with van der Waals surface area (Å²) in [5.41, 5.74) is 2.56. The van der Waals surface area contributed by atoms with Crippen molar-refractivity contribution in [3.05, 3.63) is 53.6 Å². The number of carbonyl (C=O) groups excluding carboxylic acids is 1. The quantitative estimate of drug-likeness (QED) is 0.150. The topological polar surface area (TPSA) is 46.5 Å². The fraction of sp³-hybridized carbons (Fsp3) is 0.607. The zero-order valence-corrected chi connectivity index (χ0v) is 19.9. The lowest BCUT2D eigenvalue weighted by molar-refractivity contribution is -0.144. The lowest BCUT2D eigenvalue weighted by Crippen LogP contribution is -2.13. The highest BCUT2D eigenvalue weighted by Crippen LogP contribution is 2.16. The molecule has 1 rings (SSSR count). The summed E-state index contributed by atoms with van der Waals surface area (Å²) in [5.74, 6) is -0.216. The number of hydrogen-bond donors (Lipinski definition) is 1. The minimum atomic E-state index is -0.216. The molecule has 0 aromatic heterocycles. The number of rotatable bonds is 18. The fourth-order valence-electron chi connectivity index (χ4n) is 3.76. The zero-order valence-electron chi connectivity index (χ0n) is 19.9. The van der Waals surface area contributed by atoms with Gasteiger partial charge in [-0.1, -0.05) is 101 Å². The van der Waals surface area contributed by atoms with Crippen molar-refractivity contribution in [2.24, 2.45) is 0 Å². The molecule has 0 heterocycles. The first-order chi connectivity index (χ1) is 15.2. The molecule has 0 fully saturated rings. The van der Waals surface area contributed by atoms with Gasteiger partial charge in [0.25, 0.3) is 0 Å². The van der Waals surface area contributed by atoms with E-state index in [0.717, 1.165) is 38.5 Å². The van der Waals surface area contributed by atoms with Crippen molar-refractivity contribution in [3.8, 4) is 0 Å². The van der Waals surface area contributed by atoms with Gasteiger partial charge in [0.05, 0.1) is 0 Å². The van der Waals surface area contributed by atoms with Gasteiger partial charge in [0, 0.05) is 13.5 Å². The highest BCUT2D eigenvalue weighted by atomic mass is 16.5. The highest BCUT2D eigenvalue weighted by molar-refractivity contribution is 5.66. The smallest absolute Gasteiger partial charge is 0.303 e. The van der Waals surface area contributed by atoms with E-state index in [4.69, 9.17) is 9.84 Å². The normalized spacial score (nSPS) is 12.6. The van der Waals surface area contributed by atoms with Gasteiger partial charge in [-0.15, -0.1) is 0 Å². The number of unbranched alkanes of at least 4 members (excludes halogenated alkanes) is 9. The molecule has 1 N–H and O–H groups in total. The molecular formula is C28H44O3. The summed E-state index contributed by atoms with van der Waals surface area (Å²) in [6.45, 7) is 4.00. The van der Waals surface area contributed by atoms with Crippen LogP contribution in [0.1, 0.15) is 102 Å². The van der Waals surface area contributed by atoms with Gasteiger partial charge in [0.1, 0.15) is 6.10 Å². The van der Waals surface area contributed by atoms with E-state index < -0.39 is 0 Å². The minimum Gasteiger partial charge on any atom is -0.458 e. The Balaban J connectivity index is 2.45. The van der Waals surface area contributed by atoms with Gasteiger partial charge in [-0.3, -0.25) is 4.79 Å². The third-order valence-electron chi connectivity index (χ3n) is 5.53. The molecular weight excluding hydrogens is 384 g/mol. The summed E-state index contributed by atoms with van der Waals surface area (Å²) >= 11 is 0. The Labute approximate surface area is 190 Å². The second kappa shape index (κ2) is 18.9. The Morgan fingerprint density at radius 2 is 1.61 bits per heavy atom. The molecule has 174 valence electrons. The van der Waals surface area contributed by atoms with Crippen molar-refractivity contribution < 1.29 is 14.6 Å². The van der Waals surface area contributed by atoms with Crippen LogP contribution in [0.2, 0.25) is 0 Å². The van der Waals surface area contributed by atoms with Crippen LogP contribution in [0.3, 0.4) is 0 Å². The molecule has 0 radical (unpaired) electrons. The standard InChI is InChI=1S/C28H44O3/c1-3-4-5-6-7-8-9-12-22-28(31-25(2)30)23-16-15-21-27-20-14-13-19-26(27)18-11-10-17-24-29/h13-16,19-21,23,28-29H,3-12,17-18,22,24H2,1-2H3. The molecule has 31 heavy (non-hydrogen) atoms. The Bertz CT molecular complexity index is 633. The van der Waals surface area contributed by atoms with Crippen LogP contribution in [0.15, 0.2) is 42.5 Å². The second-order valence-electron chi connectivity index (χ2n) is 8.39. The summed E-state index contributed by atoms with van der Waals surface area (Å²) < 4.78 is 5.48. The van der Waals surface area contributed by atoms with Gasteiger partial charge in [0.15, 0.2) is 0 Å². The number of aliphatic hydroxyl groups excluding tert-OH is 1. The summed E-state index contributed by atoms with van der Waals surface area (Å²) in [5, 5.41) is 8.93. The Hall–Kier alpha value is -1.87. The lowest BCUT2D eigenvalue weighted by Gasteiger charge is -2.12. The molecule has 0 amide bonds. The second-order valence-corrected chi connectivity index (χ2v) is 8.39. The largest absolute Gasteiger partial charge is 0.458 e. The molecule has 0 aliphatic rings.